The Bertz CT molecular complexity index is 251. The van der Waals surface area contributed by atoms with Gasteiger partial charge in [-0.1, -0.05) is 19.8 Å². The van der Waals surface area contributed by atoms with E-state index in [9.17, 15) is 8.42 Å². The molecule has 0 bridgehead atoms. The number of likely N-dealkylation sites (N-methyl/N-ethyl adjacent to an activating group) is 1. The third-order valence-corrected chi connectivity index (χ3v) is 2.82. The summed E-state index contributed by atoms with van der Waals surface area (Å²) in [5, 5.41) is 0. The van der Waals surface area contributed by atoms with E-state index in [0.29, 0.717) is 6.54 Å². The van der Waals surface area contributed by atoms with Crippen molar-refractivity contribution in [2.75, 3.05) is 27.7 Å². The lowest BCUT2D eigenvalue weighted by atomic mass is 10.1. The maximum atomic E-state index is 11.1. The molecule has 0 rings (SSSR count). The van der Waals surface area contributed by atoms with E-state index in [-0.39, 0.29) is 6.10 Å². The Morgan fingerprint density at radius 1 is 1.33 bits per heavy atom. The average molecular weight is 239 g/mol. The first-order chi connectivity index (χ1) is 6.91. The van der Waals surface area contributed by atoms with Crippen molar-refractivity contribution in [1.82, 2.24) is 4.90 Å². The van der Waals surface area contributed by atoms with E-state index in [0.717, 1.165) is 26.4 Å². The van der Waals surface area contributed by atoms with Crippen molar-refractivity contribution in [3.8, 4) is 0 Å². The van der Waals surface area contributed by atoms with Crippen LogP contribution in [0.2, 0.25) is 0 Å². The molecule has 0 aliphatic rings. The fourth-order valence-electron chi connectivity index (χ4n) is 1.21. The van der Waals surface area contributed by atoms with Crippen molar-refractivity contribution in [1.29, 1.82) is 0 Å². The Morgan fingerprint density at radius 2 is 1.93 bits per heavy atom. The number of unbranched alkanes of at least 4 members (excludes halogenated alkanes) is 1. The standard InChI is InChI=1S/C9H21NO4S/c1-5-6-7-9(8-10(2)3)14-15(11,12)13-4/h9H,5-8H2,1-4H3. The Morgan fingerprint density at radius 3 is 2.33 bits per heavy atom. The monoisotopic (exact) mass is 239 g/mol. The maximum absolute atomic E-state index is 11.1. The lowest BCUT2D eigenvalue weighted by Gasteiger charge is -2.19. The minimum atomic E-state index is -3.82. The molecule has 5 nitrogen and oxygen atoms in total. The molecule has 0 aromatic rings. The van der Waals surface area contributed by atoms with Crippen LogP contribution in [0, 0.1) is 0 Å². The van der Waals surface area contributed by atoms with E-state index in [1.807, 2.05) is 19.0 Å². The molecule has 0 radical (unpaired) electrons. The van der Waals surface area contributed by atoms with Crippen LogP contribution in [0.4, 0.5) is 0 Å². The van der Waals surface area contributed by atoms with Crippen molar-refractivity contribution in [3.63, 3.8) is 0 Å². The molecule has 0 fully saturated rings. The number of rotatable bonds is 8. The van der Waals surface area contributed by atoms with Crippen LogP contribution in [0.15, 0.2) is 0 Å². The van der Waals surface area contributed by atoms with E-state index in [4.69, 9.17) is 4.18 Å². The lowest BCUT2D eigenvalue weighted by molar-refractivity contribution is 0.130. The molecular formula is C9H21NO4S. The van der Waals surface area contributed by atoms with Gasteiger partial charge in [-0.05, 0) is 20.5 Å². The van der Waals surface area contributed by atoms with Gasteiger partial charge in [0.1, 0.15) is 0 Å². The predicted octanol–water partition coefficient (Wildman–Crippen LogP) is 1.01. The van der Waals surface area contributed by atoms with Crippen molar-refractivity contribution < 1.29 is 16.8 Å². The van der Waals surface area contributed by atoms with Gasteiger partial charge in [0.15, 0.2) is 0 Å². The normalized spacial score (nSPS) is 14.5. The Balaban J connectivity index is 4.23. The summed E-state index contributed by atoms with van der Waals surface area (Å²) in [7, 11) is 1.03. The molecule has 6 heteroatoms. The molecule has 0 saturated carbocycles. The summed E-state index contributed by atoms with van der Waals surface area (Å²) >= 11 is 0. The molecule has 0 saturated heterocycles. The largest absolute Gasteiger partial charge is 0.399 e. The second-order valence-electron chi connectivity index (χ2n) is 3.70. The summed E-state index contributed by atoms with van der Waals surface area (Å²) in [5.41, 5.74) is 0. The number of hydrogen-bond donors (Lipinski definition) is 0. The van der Waals surface area contributed by atoms with Crippen LogP contribution in [0.5, 0.6) is 0 Å². The van der Waals surface area contributed by atoms with Crippen LogP contribution < -0.4 is 0 Å². The average Bonchev–Trinajstić information content (AvgIpc) is 2.13. The number of nitrogens with zero attached hydrogens (tertiary/aromatic N) is 1. The zero-order valence-electron chi connectivity index (χ0n) is 9.89. The third-order valence-electron chi connectivity index (χ3n) is 1.91. The van der Waals surface area contributed by atoms with Gasteiger partial charge in [-0.25, -0.2) is 4.18 Å². The fourth-order valence-corrected chi connectivity index (χ4v) is 1.78. The van der Waals surface area contributed by atoms with Gasteiger partial charge in [-0.3, -0.25) is 4.18 Å². The minimum absolute atomic E-state index is 0.329. The molecule has 0 amide bonds. The quantitative estimate of drug-likeness (QED) is 0.633. The second-order valence-corrected chi connectivity index (χ2v) is 5.04. The van der Waals surface area contributed by atoms with Gasteiger partial charge in [-0.15, -0.1) is 0 Å². The number of hydrogen-bond acceptors (Lipinski definition) is 5. The smallest absolute Gasteiger partial charge is 0.307 e. The molecule has 0 heterocycles. The lowest BCUT2D eigenvalue weighted by Crippen LogP contribution is -2.30. The summed E-state index contributed by atoms with van der Waals surface area (Å²) in [5.74, 6) is 0. The van der Waals surface area contributed by atoms with Crippen LogP contribution >= 0.6 is 0 Å². The minimum Gasteiger partial charge on any atom is -0.307 e. The molecule has 15 heavy (non-hydrogen) atoms. The first kappa shape index (κ1) is 14.8. The molecule has 0 N–H and O–H groups in total. The van der Waals surface area contributed by atoms with Crippen molar-refractivity contribution >= 4 is 10.4 Å². The maximum Gasteiger partial charge on any atom is 0.399 e. The third kappa shape index (κ3) is 7.72. The highest BCUT2D eigenvalue weighted by Gasteiger charge is 2.19. The van der Waals surface area contributed by atoms with E-state index in [1.54, 1.807) is 0 Å². The van der Waals surface area contributed by atoms with Gasteiger partial charge >= 0.3 is 10.4 Å². The fraction of sp³-hybridized carbons (Fsp3) is 1.00. The Hall–Kier alpha value is -0.170. The van der Waals surface area contributed by atoms with Crippen molar-refractivity contribution in [3.05, 3.63) is 0 Å². The van der Waals surface area contributed by atoms with Gasteiger partial charge in [0, 0.05) is 6.54 Å². The van der Waals surface area contributed by atoms with E-state index in [1.165, 1.54) is 0 Å². The van der Waals surface area contributed by atoms with Crippen LogP contribution in [-0.2, 0) is 18.8 Å². The second kappa shape index (κ2) is 7.16. The predicted molar refractivity (Wildman–Crippen MR) is 58.9 cm³/mol. The zero-order chi connectivity index (χ0) is 11.9. The highest BCUT2D eigenvalue weighted by Crippen LogP contribution is 2.10. The first-order valence-corrected chi connectivity index (χ1v) is 6.38. The molecule has 0 aromatic carbocycles. The molecule has 0 aromatic heterocycles. The molecule has 92 valence electrons. The molecule has 0 spiro atoms. The van der Waals surface area contributed by atoms with Crippen molar-refractivity contribution in [2.24, 2.45) is 0 Å². The molecule has 0 aliphatic carbocycles. The van der Waals surface area contributed by atoms with Crippen LogP contribution in [0.3, 0.4) is 0 Å². The summed E-state index contributed by atoms with van der Waals surface area (Å²) < 4.78 is 31.4. The SMILES string of the molecule is CCCCC(CN(C)C)OS(=O)(=O)OC. The molecule has 1 unspecified atom stereocenters. The van der Waals surface area contributed by atoms with Crippen LogP contribution in [0.1, 0.15) is 26.2 Å². The van der Waals surface area contributed by atoms with Crippen LogP contribution in [-0.4, -0.2) is 47.2 Å². The summed E-state index contributed by atoms with van der Waals surface area (Å²) in [6, 6.07) is 0. The van der Waals surface area contributed by atoms with Crippen molar-refractivity contribution in [2.45, 2.75) is 32.3 Å². The van der Waals surface area contributed by atoms with E-state index >= 15 is 0 Å². The highest BCUT2D eigenvalue weighted by molar-refractivity contribution is 7.81. The van der Waals surface area contributed by atoms with E-state index < -0.39 is 10.4 Å². The van der Waals surface area contributed by atoms with Gasteiger partial charge in [0.2, 0.25) is 0 Å². The first-order valence-electron chi connectivity index (χ1n) is 5.04. The van der Waals surface area contributed by atoms with Gasteiger partial charge in [0.05, 0.1) is 13.2 Å². The summed E-state index contributed by atoms with van der Waals surface area (Å²) in [6.45, 7) is 2.63. The zero-order valence-corrected chi connectivity index (χ0v) is 10.7. The Labute approximate surface area is 92.7 Å². The topological polar surface area (TPSA) is 55.8 Å². The summed E-state index contributed by atoms with van der Waals surface area (Å²) in [6.07, 6.45) is 2.35. The van der Waals surface area contributed by atoms with Gasteiger partial charge in [-0.2, -0.15) is 8.42 Å². The van der Waals surface area contributed by atoms with Crippen LogP contribution in [0.25, 0.3) is 0 Å². The molecule has 1 atom stereocenters. The molecular weight excluding hydrogens is 218 g/mol. The van der Waals surface area contributed by atoms with Gasteiger partial charge in [0.25, 0.3) is 0 Å². The van der Waals surface area contributed by atoms with E-state index in [2.05, 4.69) is 11.1 Å². The summed E-state index contributed by atoms with van der Waals surface area (Å²) in [4.78, 5) is 1.89. The van der Waals surface area contributed by atoms with Gasteiger partial charge < -0.3 is 4.90 Å². The molecule has 0 aliphatic heterocycles. The highest BCUT2D eigenvalue weighted by atomic mass is 32.3. The Kier molecular flexibility index (Phi) is 7.08.